The summed E-state index contributed by atoms with van der Waals surface area (Å²) < 4.78 is 7.29. The Bertz CT molecular complexity index is 875. The molecule has 2 heterocycles. The van der Waals surface area contributed by atoms with E-state index < -0.39 is 12.1 Å². The minimum atomic E-state index is -0.434. The molecule has 2 amide bonds. The molecule has 0 unspecified atom stereocenters. The predicted molar refractivity (Wildman–Crippen MR) is 108 cm³/mol. The first-order valence-corrected chi connectivity index (χ1v) is 9.74. The van der Waals surface area contributed by atoms with Gasteiger partial charge in [0.15, 0.2) is 0 Å². The maximum atomic E-state index is 12.4. The quantitative estimate of drug-likeness (QED) is 0.772. The third kappa shape index (κ3) is 4.65. The van der Waals surface area contributed by atoms with Crippen LogP contribution in [-0.4, -0.2) is 57.4 Å². The van der Waals surface area contributed by atoms with Gasteiger partial charge in [0.2, 0.25) is 5.91 Å². The summed E-state index contributed by atoms with van der Waals surface area (Å²) in [7, 11) is 1.73. The molecule has 0 bridgehead atoms. The lowest BCUT2D eigenvalue weighted by Gasteiger charge is -2.41. The molecule has 0 saturated carbocycles. The number of aromatic nitrogens is 2. The Kier molecular flexibility index (Phi) is 6.34. The number of benzene rings is 1. The second kappa shape index (κ2) is 8.75. The molecule has 8 nitrogen and oxygen atoms in total. The fraction of sp³-hybridized carbons (Fsp3) is 0.476. The van der Waals surface area contributed by atoms with E-state index in [0.717, 1.165) is 11.3 Å². The van der Waals surface area contributed by atoms with Crippen molar-refractivity contribution in [2.24, 2.45) is 13.0 Å². The lowest BCUT2D eigenvalue weighted by Crippen LogP contribution is -2.53. The highest BCUT2D eigenvalue weighted by atomic mass is 16.5. The minimum absolute atomic E-state index is 0.00772. The van der Waals surface area contributed by atoms with Crippen LogP contribution in [0.15, 0.2) is 30.3 Å². The fourth-order valence-corrected chi connectivity index (χ4v) is 3.62. The Hall–Kier alpha value is -2.71. The molecular weight excluding hydrogens is 372 g/mol. The molecule has 2 atom stereocenters. The van der Waals surface area contributed by atoms with E-state index in [1.165, 1.54) is 0 Å². The van der Waals surface area contributed by atoms with Gasteiger partial charge in [-0.3, -0.25) is 14.3 Å². The van der Waals surface area contributed by atoms with Gasteiger partial charge in [-0.25, -0.2) is 0 Å². The summed E-state index contributed by atoms with van der Waals surface area (Å²) in [5, 5.41) is 17.0. The first kappa shape index (κ1) is 21.0. The number of rotatable bonds is 6. The molecule has 156 valence electrons. The van der Waals surface area contributed by atoms with E-state index in [4.69, 9.17) is 4.74 Å². The van der Waals surface area contributed by atoms with Crippen molar-refractivity contribution in [2.75, 3.05) is 25.1 Å². The zero-order valence-electron chi connectivity index (χ0n) is 17.3. The Balaban J connectivity index is 1.74. The highest BCUT2D eigenvalue weighted by Crippen LogP contribution is 2.30. The molecule has 2 aromatic rings. The number of carbonyl (C=O) groups excluding carboxylic acids is 2. The summed E-state index contributed by atoms with van der Waals surface area (Å²) in [6, 6.07) is 8.57. The number of carbonyl (C=O) groups is 2. The third-order valence-corrected chi connectivity index (χ3v) is 4.94. The molecule has 1 aromatic heterocycles. The maximum Gasteiger partial charge on any atom is 0.273 e. The van der Waals surface area contributed by atoms with E-state index in [-0.39, 0.29) is 25.0 Å². The van der Waals surface area contributed by atoms with Gasteiger partial charge in [-0.15, -0.1) is 0 Å². The van der Waals surface area contributed by atoms with Crippen LogP contribution in [0.5, 0.6) is 0 Å². The summed E-state index contributed by atoms with van der Waals surface area (Å²) >= 11 is 0. The van der Waals surface area contributed by atoms with E-state index in [1.54, 1.807) is 34.8 Å². The number of anilines is 1. The zero-order chi connectivity index (χ0) is 21.1. The number of aliphatic hydroxyl groups excluding tert-OH is 1. The van der Waals surface area contributed by atoms with Crippen LogP contribution >= 0.6 is 0 Å². The van der Waals surface area contributed by atoms with Gasteiger partial charge < -0.3 is 20.1 Å². The van der Waals surface area contributed by atoms with Gasteiger partial charge in [0.25, 0.3) is 5.91 Å². The molecule has 0 aliphatic carbocycles. The average molecular weight is 400 g/mol. The maximum absolute atomic E-state index is 12.4. The minimum Gasteiger partial charge on any atom is -0.394 e. The summed E-state index contributed by atoms with van der Waals surface area (Å²) in [4.78, 5) is 26.4. The normalized spacial score (nSPS) is 19.7. The Morgan fingerprint density at radius 1 is 1.34 bits per heavy atom. The Morgan fingerprint density at radius 2 is 2.03 bits per heavy atom. The zero-order valence-corrected chi connectivity index (χ0v) is 17.3. The van der Waals surface area contributed by atoms with Crippen LogP contribution in [0.2, 0.25) is 0 Å². The molecule has 1 aliphatic heterocycles. The van der Waals surface area contributed by atoms with Crippen LogP contribution in [0.4, 0.5) is 5.69 Å². The van der Waals surface area contributed by atoms with Crippen molar-refractivity contribution in [1.82, 2.24) is 14.7 Å². The summed E-state index contributed by atoms with van der Waals surface area (Å²) in [6.45, 7) is 6.29. The fourth-order valence-electron chi connectivity index (χ4n) is 3.62. The molecule has 8 heteroatoms. The van der Waals surface area contributed by atoms with E-state index in [1.807, 2.05) is 32.9 Å². The number of ether oxygens (including phenoxy) is 1. The van der Waals surface area contributed by atoms with Crippen molar-refractivity contribution in [2.45, 2.75) is 32.9 Å². The first-order chi connectivity index (χ1) is 13.8. The number of nitrogens with zero attached hydrogens (tertiary/aromatic N) is 3. The molecule has 1 fully saturated rings. The van der Waals surface area contributed by atoms with Gasteiger partial charge in [0, 0.05) is 19.3 Å². The highest BCUT2D eigenvalue weighted by molar-refractivity contribution is 6.03. The number of aryl methyl sites for hydroxylation is 2. The standard InChI is InChI=1S/C21H28N4O4/c1-13(2)10-25-18(11-26)20(29-12-19(25)27)15-5-7-16(8-6-15)22-21(28)17-9-14(3)23-24(17)4/h5-9,13,18,20,26H,10-12H2,1-4H3,(H,22,28)/t18-,20-/m1/s1. The van der Waals surface area contributed by atoms with Gasteiger partial charge in [0.05, 0.1) is 18.3 Å². The van der Waals surface area contributed by atoms with Crippen LogP contribution < -0.4 is 5.32 Å². The number of hydrogen-bond acceptors (Lipinski definition) is 5. The van der Waals surface area contributed by atoms with Crippen LogP contribution in [0.1, 0.15) is 41.7 Å². The summed E-state index contributed by atoms with van der Waals surface area (Å²) in [5.41, 5.74) is 2.74. The van der Waals surface area contributed by atoms with Crippen molar-refractivity contribution in [3.05, 3.63) is 47.3 Å². The third-order valence-electron chi connectivity index (χ3n) is 4.94. The van der Waals surface area contributed by atoms with E-state index in [9.17, 15) is 14.7 Å². The van der Waals surface area contributed by atoms with Crippen molar-refractivity contribution in [3.63, 3.8) is 0 Å². The van der Waals surface area contributed by atoms with Gasteiger partial charge in [0.1, 0.15) is 18.4 Å². The highest BCUT2D eigenvalue weighted by Gasteiger charge is 2.37. The molecule has 1 saturated heterocycles. The van der Waals surface area contributed by atoms with Gasteiger partial charge in [-0.05, 0) is 36.6 Å². The molecule has 1 aliphatic rings. The van der Waals surface area contributed by atoms with Crippen LogP contribution in [0.3, 0.4) is 0 Å². The largest absolute Gasteiger partial charge is 0.394 e. The lowest BCUT2D eigenvalue weighted by molar-refractivity contribution is -0.161. The molecule has 1 aromatic carbocycles. The lowest BCUT2D eigenvalue weighted by atomic mass is 9.98. The Labute approximate surface area is 170 Å². The summed E-state index contributed by atoms with van der Waals surface area (Å²) in [5.74, 6) is -0.0546. The molecule has 2 N–H and O–H groups in total. The van der Waals surface area contributed by atoms with E-state index in [0.29, 0.717) is 23.8 Å². The molecule has 29 heavy (non-hydrogen) atoms. The topological polar surface area (TPSA) is 96.7 Å². The second-order valence-electron chi connectivity index (χ2n) is 7.79. The monoisotopic (exact) mass is 400 g/mol. The number of morpholine rings is 1. The number of nitrogens with one attached hydrogen (secondary N) is 1. The molecular formula is C21H28N4O4. The Morgan fingerprint density at radius 3 is 2.59 bits per heavy atom. The number of aliphatic hydroxyl groups is 1. The average Bonchev–Trinajstić information content (AvgIpc) is 3.02. The SMILES string of the molecule is Cc1cc(C(=O)Nc2ccc([C@H]3OCC(=O)N(CC(C)C)[C@@H]3CO)cc2)n(C)n1. The van der Waals surface area contributed by atoms with Crippen molar-refractivity contribution in [1.29, 1.82) is 0 Å². The summed E-state index contributed by atoms with van der Waals surface area (Å²) in [6.07, 6.45) is -0.416. The van der Waals surface area contributed by atoms with Crippen LogP contribution in [-0.2, 0) is 16.6 Å². The molecule has 0 radical (unpaired) electrons. The van der Waals surface area contributed by atoms with Crippen molar-refractivity contribution < 1.29 is 19.4 Å². The molecule has 3 rings (SSSR count). The molecule has 0 spiro atoms. The van der Waals surface area contributed by atoms with E-state index in [2.05, 4.69) is 10.4 Å². The van der Waals surface area contributed by atoms with Crippen LogP contribution in [0.25, 0.3) is 0 Å². The predicted octanol–water partition coefficient (Wildman–Crippen LogP) is 1.90. The second-order valence-corrected chi connectivity index (χ2v) is 7.79. The van der Waals surface area contributed by atoms with Crippen molar-refractivity contribution in [3.8, 4) is 0 Å². The first-order valence-electron chi connectivity index (χ1n) is 9.74. The van der Waals surface area contributed by atoms with Gasteiger partial charge in [-0.1, -0.05) is 26.0 Å². The number of hydrogen-bond donors (Lipinski definition) is 2. The van der Waals surface area contributed by atoms with Crippen molar-refractivity contribution >= 4 is 17.5 Å². The number of amides is 2. The van der Waals surface area contributed by atoms with Crippen LogP contribution in [0, 0.1) is 12.8 Å². The van der Waals surface area contributed by atoms with Gasteiger partial charge >= 0.3 is 0 Å². The smallest absolute Gasteiger partial charge is 0.273 e. The van der Waals surface area contributed by atoms with Gasteiger partial charge in [-0.2, -0.15) is 5.10 Å². The van der Waals surface area contributed by atoms with E-state index >= 15 is 0 Å².